The van der Waals surface area contributed by atoms with E-state index in [0.29, 0.717) is 12.3 Å². The van der Waals surface area contributed by atoms with Crippen LogP contribution in [0.4, 0.5) is 0 Å². The lowest BCUT2D eigenvalue weighted by Crippen LogP contribution is -2.40. The number of Topliss-reactive ketones (excluding diaryl/α,β-unsaturated/α-hetero) is 1. The van der Waals surface area contributed by atoms with Gasteiger partial charge in [-0.05, 0) is 43.2 Å². The second kappa shape index (κ2) is 7.54. The van der Waals surface area contributed by atoms with Gasteiger partial charge in [-0.1, -0.05) is 53.2 Å². The molecule has 0 amide bonds. The molecule has 0 saturated carbocycles. The van der Waals surface area contributed by atoms with E-state index in [1.807, 2.05) is 61.5 Å². The van der Waals surface area contributed by atoms with E-state index in [9.17, 15) is 9.59 Å². The molecule has 0 fully saturated rings. The molecule has 26 heavy (non-hydrogen) atoms. The standard InChI is InChI=1S/C21H20BrNO3/c1-3-21(18(13-14(2)24)15-9-11-17(22)12-10-15)20(25)26-19(23-21)16-7-5-4-6-8-16/h4-12,18H,3,13H2,1-2H3/t18-,21-/m1/s1. The number of hydrogen-bond donors (Lipinski definition) is 0. The molecule has 0 saturated heterocycles. The van der Waals surface area contributed by atoms with Gasteiger partial charge in [0.1, 0.15) is 5.78 Å². The molecule has 0 aliphatic carbocycles. The highest BCUT2D eigenvalue weighted by atomic mass is 79.9. The zero-order chi connectivity index (χ0) is 18.7. The summed E-state index contributed by atoms with van der Waals surface area (Å²) < 4.78 is 6.49. The molecule has 5 heteroatoms. The van der Waals surface area contributed by atoms with Gasteiger partial charge in [0.2, 0.25) is 5.90 Å². The van der Waals surface area contributed by atoms with Crippen molar-refractivity contribution in [2.24, 2.45) is 4.99 Å². The first-order chi connectivity index (χ1) is 12.5. The minimum atomic E-state index is -1.09. The summed E-state index contributed by atoms with van der Waals surface area (Å²) in [7, 11) is 0. The number of nitrogens with zero attached hydrogens (tertiary/aromatic N) is 1. The van der Waals surface area contributed by atoms with Crippen molar-refractivity contribution in [2.75, 3.05) is 0 Å². The topological polar surface area (TPSA) is 55.7 Å². The van der Waals surface area contributed by atoms with Crippen LogP contribution in [-0.2, 0) is 14.3 Å². The number of cyclic esters (lactones) is 1. The molecule has 3 rings (SSSR count). The van der Waals surface area contributed by atoms with Crippen LogP contribution in [-0.4, -0.2) is 23.2 Å². The summed E-state index contributed by atoms with van der Waals surface area (Å²) in [6.45, 7) is 3.45. The molecule has 2 atom stereocenters. The fourth-order valence-corrected chi connectivity index (χ4v) is 3.63. The molecule has 0 spiro atoms. The van der Waals surface area contributed by atoms with Crippen molar-refractivity contribution >= 4 is 33.6 Å². The summed E-state index contributed by atoms with van der Waals surface area (Å²) in [5, 5.41) is 0. The minimum absolute atomic E-state index is 0.0157. The van der Waals surface area contributed by atoms with Crippen LogP contribution in [0, 0.1) is 0 Å². The number of aliphatic imine (C=N–C) groups is 1. The van der Waals surface area contributed by atoms with Crippen molar-refractivity contribution in [1.82, 2.24) is 0 Å². The summed E-state index contributed by atoms with van der Waals surface area (Å²) in [5.41, 5.74) is 0.568. The van der Waals surface area contributed by atoms with Crippen molar-refractivity contribution in [2.45, 2.75) is 38.1 Å². The molecule has 2 aromatic rings. The average Bonchev–Trinajstić information content (AvgIpc) is 2.99. The number of ether oxygens (including phenoxy) is 1. The number of carbonyl (C=O) groups excluding carboxylic acids is 2. The Morgan fingerprint density at radius 3 is 2.38 bits per heavy atom. The van der Waals surface area contributed by atoms with Crippen molar-refractivity contribution in [3.63, 3.8) is 0 Å². The lowest BCUT2D eigenvalue weighted by atomic mass is 9.75. The van der Waals surface area contributed by atoms with E-state index in [2.05, 4.69) is 15.9 Å². The molecule has 1 aliphatic rings. The molecule has 1 heterocycles. The van der Waals surface area contributed by atoms with Crippen LogP contribution < -0.4 is 0 Å². The fraction of sp³-hybridized carbons (Fsp3) is 0.286. The Balaban J connectivity index is 2.09. The predicted molar refractivity (Wildman–Crippen MR) is 104 cm³/mol. The van der Waals surface area contributed by atoms with Crippen LogP contribution in [0.1, 0.15) is 43.7 Å². The predicted octanol–water partition coefficient (Wildman–Crippen LogP) is 4.66. The number of hydrogen-bond acceptors (Lipinski definition) is 4. The highest BCUT2D eigenvalue weighted by molar-refractivity contribution is 9.10. The molecule has 2 aromatic carbocycles. The smallest absolute Gasteiger partial charge is 0.341 e. The zero-order valence-electron chi connectivity index (χ0n) is 14.7. The van der Waals surface area contributed by atoms with Gasteiger partial charge in [0.15, 0.2) is 5.54 Å². The van der Waals surface area contributed by atoms with E-state index in [4.69, 9.17) is 9.73 Å². The van der Waals surface area contributed by atoms with E-state index in [0.717, 1.165) is 15.6 Å². The van der Waals surface area contributed by atoms with Gasteiger partial charge in [-0.15, -0.1) is 0 Å². The number of rotatable bonds is 6. The lowest BCUT2D eigenvalue weighted by Gasteiger charge is -2.30. The Morgan fingerprint density at radius 1 is 1.15 bits per heavy atom. The van der Waals surface area contributed by atoms with Crippen molar-refractivity contribution in [1.29, 1.82) is 0 Å². The van der Waals surface area contributed by atoms with Gasteiger partial charge in [-0.2, -0.15) is 0 Å². The Morgan fingerprint density at radius 2 is 1.81 bits per heavy atom. The molecule has 0 N–H and O–H groups in total. The Hall–Kier alpha value is -2.27. The minimum Gasteiger partial charge on any atom is -0.405 e. The van der Waals surface area contributed by atoms with Crippen molar-refractivity contribution in [3.05, 3.63) is 70.2 Å². The van der Waals surface area contributed by atoms with Gasteiger partial charge in [0.05, 0.1) is 0 Å². The monoisotopic (exact) mass is 413 g/mol. The summed E-state index contributed by atoms with van der Waals surface area (Å²) in [6.07, 6.45) is 0.687. The second-order valence-electron chi connectivity index (χ2n) is 6.46. The van der Waals surface area contributed by atoms with E-state index in [-0.39, 0.29) is 18.1 Å². The quantitative estimate of drug-likeness (QED) is 0.646. The summed E-state index contributed by atoms with van der Waals surface area (Å²) in [5.74, 6) is -0.426. The number of halogens is 1. The lowest BCUT2D eigenvalue weighted by molar-refractivity contribution is -0.140. The molecule has 0 radical (unpaired) electrons. The zero-order valence-corrected chi connectivity index (χ0v) is 16.3. The maximum Gasteiger partial charge on any atom is 0.341 e. The highest BCUT2D eigenvalue weighted by Crippen LogP contribution is 2.42. The molecule has 134 valence electrons. The van der Waals surface area contributed by atoms with Crippen LogP contribution in [0.25, 0.3) is 0 Å². The van der Waals surface area contributed by atoms with E-state index in [1.165, 1.54) is 6.92 Å². The van der Waals surface area contributed by atoms with E-state index >= 15 is 0 Å². The number of carbonyl (C=O) groups is 2. The van der Waals surface area contributed by atoms with Crippen LogP contribution in [0.3, 0.4) is 0 Å². The third-order valence-corrected chi connectivity index (χ3v) is 5.27. The first kappa shape index (κ1) is 18.5. The Bertz CT molecular complexity index is 845. The van der Waals surface area contributed by atoms with Crippen molar-refractivity contribution < 1.29 is 14.3 Å². The van der Waals surface area contributed by atoms with Gasteiger partial charge in [-0.25, -0.2) is 9.79 Å². The maximum atomic E-state index is 12.9. The second-order valence-corrected chi connectivity index (χ2v) is 7.38. The fourth-order valence-electron chi connectivity index (χ4n) is 3.36. The first-order valence-corrected chi connectivity index (χ1v) is 9.38. The molecule has 0 unspecified atom stereocenters. The van der Waals surface area contributed by atoms with Gasteiger partial charge in [0, 0.05) is 22.4 Å². The van der Waals surface area contributed by atoms with Crippen LogP contribution in [0.5, 0.6) is 0 Å². The largest absolute Gasteiger partial charge is 0.405 e. The summed E-state index contributed by atoms with van der Waals surface area (Å²) >= 11 is 3.43. The normalized spacial score (nSPS) is 20.4. The summed E-state index contributed by atoms with van der Waals surface area (Å²) in [6, 6.07) is 17.0. The van der Waals surface area contributed by atoms with Gasteiger partial charge >= 0.3 is 5.97 Å². The first-order valence-electron chi connectivity index (χ1n) is 8.58. The van der Waals surface area contributed by atoms with Crippen LogP contribution in [0.2, 0.25) is 0 Å². The number of esters is 1. The number of benzene rings is 2. The van der Waals surface area contributed by atoms with E-state index in [1.54, 1.807) is 0 Å². The maximum absolute atomic E-state index is 12.9. The molecule has 4 nitrogen and oxygen atoms in total. The van der Waals surface area contributed by atoms with Gasteiger partial charge < -0.3 is 9.53 Å². The van der Waals surface area contributed by atoms with Crippen molar-refractivity contribution in [3.8, 4) is 0 Å². The highest BCUT2D eigenvalue weighted by Gasteiger charge is 2.51. The molecular formula is C21H20BrNO3. The third-order valence-electron chi connectivity index (χ3n) is 4.74. The van der Waals surface area contributed by atoms with Crippen LogP contribution in [0.15, 0.2) is 64.1 Å². The molecule has 1 aliphatic heterocycles. The SMILES string of the molecule is CC[C@]1([C@H](CC(C)=O)c2ccc(Br)cc2)N=C(c2ccccc2)OC1=O. The van der Waals surface area contributed by atoms with Gasteiger partial charge in [-0.3, -0.25) is 0 Å². The molecular weight excluding hydrogens is 394 g/mol. The Labute approximate surface area is 161 Å². The average molecular weight is 414 g/mol. The Kier molecular flexibility index (Phi) is 5.37. The third kappa shape index (κ3) is 3.49. The van der Waals surface area contributed by atoms with Crippen LogP contribution >= 0.6 is 15.9 Å². The molecule has 0 bridgehead atoms. The van der Waals surface area contributed by atoms with E-state index < -0.39 is 11.5 Å². The summed E-state index contributed by atoms with van der Waals surface area (Å²) in [4.78, 5) is 29.6. The van der Waals surface area contributed by atoms with Gasteiger partial charge in [0.25, 0.3) is 0 Å². The number of ketones is 1. The molecule has 0 aromatic heterocycles.